The van der Waals surface area contributed by atoms with Crippen LogP contribution in [0.4, 0.5) is 11.4 Å². The average Bonchev–Trinajstić information content (AvgIpc) is 2.32. The summed E-state index contributed by atoms with van der Waals surface area (Å²) in [4.78, 5) is 11.6. The summed E-state index contributed by atoms with van der Waals surface area (Å²) in [5.41, 5.74) is 6.71. The molecule has 0 aromatic heterocycles. The minimum atomic E-state index is -0.820. The van der Waals surface area contributed by atoms with Gasteiger partial charge in [0, 0.05) is 33.7 Å². The highest BCUT2D eigenvalue weighted by atomic mass is 35.5. The van der Waals surface area contributed by atoms with E-state index in [1.54, 1.807) is 18.2 Å². The number of carbonyl (C=O) groups excluding carboxylic acids is 1. The molecule has 0 saturated heterocycles. The molecule has 18 heavy (non-hydrogen) atoms. The van der Waals surface area contributed by atoms with Crippen LogP contribution in [-0.4, -0.2) is 21.6 Å². The smallest absolute Gasteiger partial charge is 0.224 e. The molecule has 1 atom stereocenters. The van der Waals surface area contributed by atoms with Gasteiger partial charge in [0.1, 0.15) is 0 Å². The molecule has 0 aliphatic carbocycles. The lowest BCUT2D eigenvalue weighted by atomic mass is 10.2. The molecule has 0 spiro atoms. The Labute approximate surface area is 114 Å². The van der Waals surface area contributed by atoms with Gasteiger partial charge in [0.25, 0.3) is 0 Å². The SMILES string of the molecule is CCS(=O)CCCC(=O)Nc1ccc(Cl)cc1N. The first kappa shape index (κ1) is 15.0. The fourth-order valence-electron chi connectivity index (χ4n) is 1.40. The van der Waals surface area contributed by atoms with Crippen LogP contribution in [0.1, 0.15) is 19.8 Å². The van der Waals surface area contributed by atoms with E-state index in [2.05, 4.69) is 5.32 Å². The number of anilines is 2. The van der Waals surface area contributed by atoms with Gasteiger partial charge in [-0.05, 0) is 24.6 Å². The highest BCUT2D eigenvalue weighted by Crippen LogP contribution is 2.22. The standard InChI is InChI=1S/C12H17ClN2O2S/c1-2-18(17)7-3-4-12(16)15-11-6-5-9(13)8-10(11)14/h5-6,8H,2-4,7,14H2,1H3,(H,15,16). The van der Waals surface area contributed by atoms with Gasteiger partial charge < -0.3 is 11.1 Å². The monoisotopic (exact) mass is 288 g/mol. The van der Waals surface area contributed by atoms with E-state index in [0.29, 0.717) is 40.7 Å². The molecule has 1 aromatic rings. The third kappa shape index (κ3) is 5.06. The molecule has 1 rings (SSSR count). The second-order valence-electron chi connectivity index (χ2n) is 3.82. The molecule has 4 nitrogen and oxygen atoms in total. The van der Waals surface area contributed by atoms with Crippen LogP contribution in [0.15, 0.2) is 18.2 Å². The van der Waals surface area contributed by atoms with Gasteiger partial charge in [-0.15, -0.1) is 0 Å². The summed E-state index contributed by atoms with van der Waals surface area (Å²) in [5.74, 6) is 1.06. The number of halogens is 1. The Morgan fingerprint density at radius 3 is 2.83 bits per heavy atom. The summed E-state index contributed by atoms with van der Waals surface area (Å²) in [6.45, 7) is 1.87. The van der Waals surface area contributed by atoms with E-state index in [4.69, 9.17) is 17.3 Å². The summed E-state index contributed by atoms with van der Waals surface area (Å²) in [6, 6.07) is 4.92. The molecule has 1 unspecified atom stereocenters. The summed E-state index contributed by atoms with van der Waals surface area (Å²) in [5, 5.41) is 3.24. The zero-order valence-electron chi connectivity index (χ0n) is 10.2. The Kier molecular flexibility index (Phi) is 6.15. The number of hydrogen-bond acceptors (Lipinski definition) is 3. The van der Waals surface area contributed by atoms with Crippen molar-refractivity contribution >= 4 is 39.7 Å². The molecule has 0 aliphatic rings. The van der Waals surface area contributed by atoms with Crippen LogP contribution >= 0.6 is 11.6 Å². The quantitative estimate of drug-likeness (QED) is 0.790. The maximum absolute atomic E-state index is 11.6. The number of benzene rings is 1. The molecule has 0 radical (unpaired) electrons. The van der Waals surface area contributed by atoms with Crippen LogP contribution in [0.5, 0.6) is 0 Å². The van der Waals surface area contributed by atoms with Gasteiger partial charge in [0.2, 0.25) is 5.91 Å². The Morgan fingerprint density at radius 1 is 1.50 bits per heavy atom. The van der Waals surface area contributed by atoms with Crippen molar-refractivity contribution in [3.05, 3.63) is 23.2 Å². The Morgan fingerprint density at radius 2 is 2.22 bits per heavy atom. The Bertz CT molecular complexity index is 452. The summed E-state index contributed by atoms with van der Waals surface area (Å²) < 4.78 is 11.2. The lowest BCUT2D eigenvalue weighted by Crippen LogP contribution is -2.14. The van der Waals surface area contributed by atoms with Crippen molar-refractivity contribution < 1.29 is 9.00 Å². The fraction of sp³-hybridized carbons (Fsp3) is 0.417. The first-order chi connectivity index (χ1) is 8.52. The topological polar surface area (TPSA) is 72.2 Å². The molecule has 1 amide bonds. The minimum Gasteiger partial charge on any atom is -0.397 e. The zero-order valence-corrected chi connectivity index (χ0v) is 11.8. The van der Waals surface area contributed by atoms with Gasteiger partial charge in [0.15, 0.2) is 0 Å². The van der Waals surface area contributed by atoms with Crippen molar-refractivity contribution in [2.75, 3.05) is 22.6 Å². The van der Waals surface area contributed by atoms with Crippen LogP contribution in [0.3, 0.4) is 0 Å². The summed E-state index contributed by atoms with van der Waals surface area (Å²) in [7, 11) is -0.820. The lowest BCUT2D eigenvalue weighted by molar-refractivity contribution is -0.116. The fourth-order valence-corrected chi connectivity index (χ4v) is 2.33. The van der Waals surface area contributed by atoms with Crippen LogP contribution in [0, 0.1) is 0 Å². The maximum atomic E-state index is 11.6. The van der Waals surface area contributed by atoms with Crippen molar-refractivity contribution in [1.29, 1.82) is 0 Å². The number of nitrogen functional groups attached to an aromatic ring is 1. The molecule has 0 bridgehead atoms. The van der Waals surface area contributed by atoms with Gasteiger partial charge in [-0.1, -0.05) is 18.5 Å². The average molecular weight is 289 g/mol. The van der Waals surface area contributed by atoms with E-state index in [0.717, 1.165) is 0 Å². The summed E-state index contributed by atoms with van der Waals surface area (Å²) in [6.07, 6.45) is 0.952. The molecule has 0 heterocycles. The van der Waals surface area contributed by atoms with Gasteiger partial charge >= 0.3 is 0 Å². The molecule has 0 aliphatic heterocycles. The second-order valence-corrected chi connectivity index (χ2v) is 6.12. The highest BCUT2D eigenvalue weighted by molar-refractivity contribution is 7.84. The van der Waals surface area contributed by atoms with Crippen molar-refractivity contribution in [2.45, 2.75) is 19.8 Å². The number of nitrogens with one attached hydrogen (secondary N) is 1. The molecule has 6 heteroatoms. The number of amides is 1. The number of carbonyl (C=O) groups is 1. The van der Waals surface area contributed by atoms with Crippen LogP contribution in [0.25, 0.3) is 0 Å². The van der Waals surface area contributed by atoms with Crippen molar-refractivity contribution in [1.82, 2.24) is 0 Å². The normalized spacial score (nSPS) is 12.1. The largest absolute Gasteiger partial charge is 0.397 e. The Hall–Kier alpha value is -1.07. The third-order valence-electron chi connectivity index (χ3n) is 2.39. The molecular weight excluding hydrogens is 272 g/mol. The minimum absolute atomic E-state index is 0.128. The van der Waals surface area contributed by atoms with Gasteiger partial charge in [0.05, 0.1) is 11.4 Å². The Balaban J connectivity index is 2.42. The lowest BCUT2D eigenvalue weighted by Gasteiger charge is -2.08. The van der Waals surface area contributed by atoms with Crippen LogP contribution in [-0.2, 0) is 15.6 Å². The van der Waals surface area contributed by atoms with Crippen LogP contribution < -0.4 is 11.1 Å². The molecule has 0 fully saturated rings. The molecule has 3 N–H and O–H groups in total. The van der Waals surface area contributed by atoms with Gasteiger partial charge in [-0.2, -0.15) is 0 Å². The van der Waals surface area contributed by atoms with Crippen molar-refractivity contribution in [3.63, 3.8) is 0 Å². The van der Waals surface area contributed by atoms with Crippen LogP contribution in [0.2, 0.25) is 5.02 Å². The number of hydrogen-bond donors (Lipinski definition) is 2. The van der Waals surface area contributed by atoms with E-state index in [1.807, 2.05) is 6.92 Å². The van der Waals surface area contributed by atoms with Gasteiger partial charge in [-0.3, -0.25) is 9.00 Å². The zero-order chi connectivity index (χ0) is 13.5. The first-order valence-corrected chi connectivity index (χ1v) is 7.59. The van der Waals surface area contributed by atoms with E-state index in [1.165, 1.54) is 0 Å². The molecular formula is C12H17ClN2O2S. The molecule has 100 valence electrons. The number of nitrogens with two attached hydrogens (primary N) is 1. The van der Waals surface area contributed by atoms with E-state index < -0.39 is 10.8 Å². The maximum Gasteiger partial charge on any atom is 0.224 e. The molecule has 1 aromatic carbocycles. The van der Waals surface area contributed by atoms with E-state index in [-0.39, 0.29) is 5.91 Å². The first-order valence-electron chi connectivity index (χ1n) is 5.72. The summed E-state index contributed by atoms with van der Waals surface area (Å²) >= 11 is 5.76. The van der Waals surface area contributed by atoms with E-state index >= 15 is 0 Å². The predicted octanol–water partition coefficient (Wildman–Crippen LogP) is 2.41. The number of rotatable bonds is 6. The second kappa shape index (κ2) is 7.38. The highest BCUT2D eigenvalue weighted by Gasteiger charge is 2.06. The predicted molar refractivity (Wildman–Crippen MR) is 77.3 cm³/mol. The van der Waals surface area contributed by atoms with E-state index in [9.17, 15) is 9.00 Å². The molecule has 0 saturated carbocycles. The van der Waals surface area contributed by atoms with Crippen molar-refractivity contribution in [2.24, 2.45) is 0 Å². The third-order valence-corrected chi connectivity index (χ3v) is 4.01. The van der Waals surface area contributed by atoms with Gasteiger partial charge in [-0.25, -0.2) is 0 Å². The van der Waals surface area contributed by atoms with Crippen molar-refractivity contribution in [3.8, 4) is 0 Å².